The molecule has 0 fully saturated rings. The summed E-state index contributed by atoms with van der Waals surface area (Å²) in [7, 11) is 1.55. The molecule has 1 amide bonds. The number of phosphoric ester groups is 1. The number of rotatable bonds is 47. The summed E-state index contributed by atoms with van der Waals surface area (Å²) in [6.45, 7) is 4.61. The number of aliphatic hydroxyl groups is 1. The van der Waals surface area contributed by atoms with E-state index in [1.165, 1.54) is 77.0 Å². The number of hydrogen-bond acceptors (Lipinski definition) is 5. The van der Waals surface area contributed by atoms with Gasteiger partial charge in [0, 0.05) is 6.42 Å². The molecule has 3 N–H and O–H groups in total. The third-order valence-electron chi connectivity index (χ3n) is 11.2. The van der Waals surface area contributed by atoms with Crippen molar-refractivity contribution in [1.29, 1.82) is 0 Å². The van der Waals surface area contributed by atoms with Crippen LogP contribution in [0.5, 0.6) is 0 Å². The average Bonchev–Trinajstić information content (AvgIpc) is 3.30. The molecule has 388 valence electrons. The first-order chi connectivity index (χ1) is 33.0. The van der Waals surface area contributed by atoms with Crippen LogP contribution in [0.25, 0.3) is 0 Å². The van der Waals surface area contributed by atoms with Gasteiger partial charge in [0.05, 0.1) is 39.9 Å². The van der Waals surface area contributed by atoms with E-state index < -0.39 is 20.0 Å². The summed E-state index contributed by atoms with van der Waals surface area (Å²) < 4.78 is 23.5. The predicted molar refractivity (Wildman–Crippen MR) is 295 cm³/mol. The molecule has 0 aliphatic carbocycles. The summed E-state index contributed by atoms with van der Waals surface area (Å²) in [4.78, 5) is 23.1. The minimum absolute atomic E-state index is 0.0552. The van der Waals surface area contributed by atoms with Gasteiger partial charge in [0.15, 0.2) is 0 Å². The molecule has 0 rings (SSSR count). The quantitative estimate of drug-likeness (QED) is 0.0243. The van der Waals surface area contributed by atoms with Gasteiger partial charge in [-0.3, -0.25) is 13.8 Å². The molecule has 0 saturated carbocycles. The van der Waals surface area contributed by atoms with E-state index in [1.54, 1.807) is 6.08 Å². The Labute approximate surface area is 418 Å². The van der Waals surface area contributed by atoms with Gasteiger partial charge in [-0.15, -0.1) is 0 Å². The SMILES string of the molecule is CC/C=C\C/C=C\C/C=C\C/C=C\C/C=C\C/C=C\C/C=C\C/C=C\C/C=C\CCCCCCCCCCCCCC(=O)NC(COP(=O)(O)OCC[N+](C)(C)C)C(O)/C=C/CCCCCCC. The lowest BCUT2D eigenvalue weighted by molar-refractivity contribution is -0.870. The van der Waals surface area contributed by atoms with Gasteiger partial charge in [0.25, 0.3) is 0 Å². The zero-order valence-corrected chi connectivity index (χ0v) is 44.9. The maximum atomic E-state index is 12.9. The number of carbonyl (C=O) groups excluding carboxylic acids is 1. The molecule has 0 radical (unpaired) electrons. The number of quaternary nitrogens is 1. The van der Waals surface area contributed by atoms with Crippen LogP contribution in [0.2, 0.25) is 0 Å². The van der Waals surface area contributed by atoms with Crippen molar-refractivity contribution in [2.24, 2.45) is 0 Å². The third kappa shape index (κ3) is 50.8. The van der Waals surface area contributed by atoms with Crippen LogP contribution in [0, 0.1) is 0 Å². The molecule has 0 heterocycles. The highest BCUT2D eigenvalue weighted by atomic mass is 31.2. The van der Waals surface area contributed by atoms with Crippen LogP contribution in [0.4, 0.5) is 0 Å². The molecule has 0 aromatic heterocycles. The minimum Gasteiger partial charge on any atom is -0.387 e. The van der Waals surface area contributed by atoms with Gasteiger partial charge in [-0.1, -0.05) is 219 Å². The number of nitrogens with one attached hydrogen (secondary N) is 1. The molecule has 8 nitrogen and oxygen atoms in total. The van der Waals surface area contributed by atoms with Crippen molar-refractivity contribution < 1.29 is 32.9 Å². The monoisotopic (exact) mass is 966 g/mol. The fourth-order valence-corrected chi connectivity index (χ4v) is 7.71. The van der Waals surface area contributed by atoms with Crippen molar-refractivity contribution in [3.8, 4) is 0 Å². The number of amides is 1. The first kappa shape index (κ1) is 64.9. The smallest absolute Gasteiger partial charge is 0.387 e. The maximum Gasteiger partial charge on any atom is 0.472 e. The number of carbonyl (C=O) groups is 1. The molecule has 0 aromatic rings. The van der Waals surface area contributed by atoms with Crippen molar-refractivity contribution in [2.45, 2.75) is 206 Å². The fourth-order valence-electron chi connectivity index (χ4n) is 6.97. The lowest BCUT2D eigenvalue weighted by atomic mass is 10.0. The number of nitrogens with zero attached hydrogens (tertiary/aromatic N) is 1. The van der Waals surface area contributed by atoms with Crippen LogP contribution in [-0.2, 0) is 18.4 Å². The van der Waals surface area contributed by atoms with E-state index in [1.807, 2.05) is 27.2 Å². The molecule has 3 unspecified atom stereocenters. The highest BCUT2D eigenvalue weighted by Crippen LogP contribution is 2.43. The molecule has 9 heteroatoms. The van der Waals surface area contributed by atoms with Gasteiger partial charge in [0.1, 0.15) is 13.2 Å². The zero-order valence-electron chi connectivity index (χ0n) is 44.0. The second-order valence-corrected chi connectivity index (χ2v) is 20.3. The van der Waals surface area contributed by atoms with E-state index in [0.717, 1.165) is 96.3 Å². The number of unbranched alkanes of at least 4 members (excludes halogenated alkanes) is 16. The Morgan fingerprint density at radius 3 is 1.29 bits per heavy atom. The van der Waals surface area contributed by atoms with Crippen LogP contribution in [0.1, 0.15) is 194 Å². The van der Waals surface area contributed by atoms with Gasteiger partial charge in [-0.25, -0.2) is 4.57 Å². The van der Waals surface area contributed by atoms with E-state index >= 15 is 0 Å². The second kappa shape index (κ2) is 48.9. The fraction of sp³-hybridized carbons (Fsp3) is 0.644. The Kier molecular flexibility index (Phi) is 46.7. The molecular weight excluding hydrogens is 864 g/mol. The highest BCUT2D eigenvalue weighted by molar-refractivity contribution is 7.47. The van der Waals surface area contributed by atoms with Gasteiger partial charge < -0.3 is 19.8 Å². The number of likely N-dealkylation sites (N-methyl/N-ethyl adjacent to an activating group) is 1. The van der Waals surface area contributed by atoms with Gasteiger partial charge in [0.2, 0.25) is 5.91 Å². The van der Waals surface area contributed by atoms with Crippen molar-refractivity contribution in [3.63, 3.8) is 0 Å². The maximum absolute atomic E-state index is 12.9. The third-order valence-corrected chi connectivity index (χ3v) is 12.2. The Balaban J connectivity index is 3.97. The van der Waals surface area contributed by atoms with Gasteiger partial charge >= 0.3 is 7.82 Å². The Morgan fingerprint density at radius 1 is 0.515 bits per heavy atom. The average molecular weight is 966 g/mol. The van der Waals surface area contributed by atoms with Crippen LogP contribution in [-0.4, -0.2) is 73.4 Å². The van der Waals surface area contributed by atoms with Crippen LogP contribution in [0.15, 0.2) is 122 Å². The van der Waals surface area contributed by atoms with Crippen LogP contribution < -0.4 is 5.32 Å². The molecule has 3 atom stereocenters. The topological polar surface area (TPSA) is 105 Å². The summed E-state index contributed by atoms with van der Waals surface area (Å²) in [5, 5.41) is 13.7. The number of aliphatic hydroxyl groups excluding tert-OH is 1. The van der Waals surface area contributed by atoms with Crippen LogP contribution >= 0.6 is 7.82 Å². The zero-order chi connectivity index (χ0) is 49.9. The van der Waals surface area contributed by atoms with E-state index in [4.69, 9.17) is 9.05 Å². The highest BCUT2D eigenvalue weighted by Gasteiger charge is 2.27. The van der Waals surface area contributed by atoms with E-state index in [2.05, 4.69) is 129 Å². The molecule has 0 aliphatic heterocycles. The second-order valence-electron chi connectivity index (χ2n) is 18.9. The molecule has 0 bridgehead atoms. The summed E-state index contributed by atoms with van der Waals surface area (Å²) in [5.41, 5.74) is 0. The first-order valence-corrected chi connectivity index (χ1v) is 28.4. The van der Waals surface area contributed by atoms with E-state index in [9.17, 15) is 19.4 Å². The molecule has 0 aliphatic rings. The van der Waals surface area contributed by atoms with Crippen molar-refractivity contribution in [3.05, 3.63) is 122 Å². The molecule has 0 saturated heterocycles. The predicted octanol–water partition coefficient (Wildman–Crippen LogP) is 16.2. The molecule has 68 heavy (non-hydrogen) atoms. The van der Waals surface area contributed by atoms with Crippen molar-refractivity contribution in [2.75, 3.05) is 40.9 Å². The van der Waals surface area contributed by atoms with E-state index in [0.29, 0.717) is 17.4 Å². The summed E-state index contributed by atoms with van der Waals surface area (Å²) >= 11 is 0. The Morgan fingerprint density at radius 2 is 0.882 bits per heavy atom. The summed E-state index contributed by atoms with van der Waals surface area (Å²) in [6.07, 6.45) is 73.2. The van der Waals surface area contributed by atoms with Crippen molar-refractivity contribution >= 4 is 13.7 Å². The molecular formula is C59H102N2O6P+. The molecule has 0 aromatic carbocycles. The van der Waals surface area contributed by atoms with Crippen LogP contribution in [0.3, 0.4) is 0 Å². The number of hydrogen-bond donors (Lipinski definition) is 3. The van der Waals surface area contributed by atoms with Crippen molar-refractivity contribution in [1.82, 2.24) is 5.32 Å². The lowest BCUT2D eigenvalue weighted by Gasteiger charge is -2.25. The normalized spacial score (nSPS) is 15.0. The standard InChI is InChI=1S/C59H101N2O6P/c1-6-8-10-12-14-15-16-17-18-19-20-21-22-23-24-25-26-27-28-29-30-31-32-33-34-35-36-37-38-39-40-41-42-43-44-45-47-49-51-53-59(63)60-57(58(62)52-50-48-46-13-11-9-7-2)56-67-68(64,65)66-55-54-61(3,4)5/h8,10,14-15,17-18,20-21,23-24,26-27,29-30,32-33,35-36,50,52,57-58,62H,6-7,9,11-13,16,19,22,25,28,31,34,37-49,51,53-56H2,1-5H3,(H-,60,63,64,65)/p+1/b10-8-,15-14-,18-17-,21-20-,24-23-,27-26-,30-29-,33-32-,36-35-,52-50+. The lowest BCUT2D eigenvalue weighted by Crippen LogP contribution is -2.45. The Hall–Kier alpha value is -3.10. The first-order valence-electron chi connectivity index (χ1n) is 26.9. The molecule has 0 spiro atoms. The number of phosphoric acid groups is 1. The minimum atomic E-state index is -4.34. The van der Waals surface area contributed by atoms with Gasteiger partial charge in [-0.2, -0.15) is 0 Å². The van der Waals surface area contributed by atoms with Gasteiger partial charge in [-0.05, 0) is 89.9 Å². The number of allylic oxidation sites excluding steroid dienone is 19. The summed E-state index contributed by atoms with van der Waals surface area (Å²) in [5.74, 6) is -0.191. The Bertz CT molecular complexity index is 1510. The summed E-state index contributed by atoms with van der Waals surface area (Å²) in [6, 6.07) is -0.852. The largest absolute Gasteiger partial charge is 0.472 e. The van der Waals surface area contributed by atoms with E-state index in [-0.39, 0.29) is 19.1 Å².